The Hall–Kier alpha value is -0.820. The molecule has 2 rings (SSSR count). The molecule has 0 aromatic heterocycles. The van der Waals surface area contributed by atoms with Crippen LogP contribution in [0.15, 0.2) is 18.2 Å². The predicted octanol–water partition coefficient (Wildman–Crippen LogP) is 5.94. The molecule has 0 saturated heterocycles. The Morgan fingerprint density at radius 1 is 0.905 bits per heavy atom. The Balaban J connectivity index is 2.37. The van der Waals surface area contributed by atoms with E-state index in [4.69, 9.17) is 0 Å². The molecule has 1 nitrogen and oxygen atoms in total. The number of benzene rings is 1. The van der Waals surface area contributed by atoms with Crippen molar-refractivity contribution in [2.75, 3.05) is 0 Å². The molecule has 0 bridgehead atoms. The summed E-state index contributed by atoms with van der Waals surface area (Å²) in [4.78, 5) is 0. The van der Waals surface area contributed by atoms with Gasteiger partial charge in [0.2, 0.25) is 0 Å². The second kappa shape index (κ2) is 6.52. The predicted molar refractivity (Wildman–Crippen MR) is 90.8 cm³/mol. The highest BCUT2D eigenvalue weighted by Crippen LogP contribution is 2.47. The van der Waals surface area contributed by atoms with E-state index in [1.165, 1.54) is 36.0 Å². The Bertz CT molecular complexity index is 467. The third-order valence-electron chi connectivity index (χ3n) is 5.35. The van der Waals surface area contributed by atoms with Crippen molar-refractivity contribution in [3.8, 4) is 0 Å². The minimum Gasteiger partial charge on any atom is -0.388 e. The minimum atomic E-state index is -0.323. The van der Waals surface area contributed by atoms with Crippen LogP contribution >= 0.6 is 0 Å². The second-order valence-electron chi connectivity index (χ2n) is 7.81. The summed E-state index contributed by atoms with van der Waals surface area (Å²) < 4.78 is 0. The summed E-state index contributed by atoms with van der Waals surface area (Å²) in [5.41, 5.74) is 3.93. The summed E-state index contributed by atoms with van der Waals surface area (Å²) in [7, 11) is 0. The van der Waals surface area contributed by atoms with Crippen LogP contribution in [-0.2, 0) is 0 Å². The van der Waals surface area contributed by atoms with E-state index in [2.05, 4.69) is 52.8 Å². The van der Waals surface area contributed by atoms with Crippen molar-refractivity contribution >= 4 is 0 Å². The first-order valence-corrected chi connectivity index (χ1v) is 8.67. The number of aliphatic hydroxyl groups is 1. The molecule has 1 saturated carbocycles. The van der Waals surface area contributed by atoms with Crippen molar-refractivity contribution in [2.45, 2.75) is 84.7 Å². The molecule has 0 radical (unpaired) electrons. The topological polar surface area (TPSA) is 20.2 Å². The van der Waals surface area contributed by atoms with Gasteiger partial charge in [-0.1, -0.05) is 72.1 Å². The molecule has 1 atom stereocenters. The largest absolute Gasteiger partial charge is 0.388 e. The fourth-order valence-electron chi connectivity index (χ4n) is 3.71. The fraction of sp³-hybridized carbons (Fsp3) is 0.700. The maximum Gasteiger partial charge on any atom is 0.0846 e. The molecule has 0 aliphatic heterocycles. The normalized spacial score (nSPS) is 20.0. The first-order valence-electron chi connectivity index (χ1n) is 8.67. The molecule has 1 aromatic carbocycles. The third-order valence-corrected chi connectivity index (χ3v) is 5.35. The molecule has 0 heterocycles. The van der Waals surface area contributed by atoms with Gasteiger partial charge < -0.3 is 5.11 Å². The molecule has 1 N–H and O–H groups in total. The summed E-state index contributed by atoms with van der Waals surface area (Å²) in [5, 5.41) is 11.1. The molecule has 1 aliphatic rings. The van der Waals surface area contributed by atoms with Gasteiger partial charge in [-0.15, -0.1) is 0 Å². The Kier molecular flexibility index (Phi) is 5.14. The van der Waals surface area contributed by atoms with Gasteiger partial charge in [0, 0.05) is 0 Å². The molecule has 1 aromatic rings. The van der Waals surface area contributed by atoms with Gasteiger partial charge in [-0.05, 0) is 46.8 Å². The van der Waals surface area contributed by atoms with Gasteiger partial charge in [-0.2, -0.15) is 0 Å². The van der Waals surface area contributed by atoms with Gasteiger partial charge in [0.25, 0.3) is 0 Å². The minimum absolute atomic E-state index is 0.0568. The molecule has 21 heavy (non-hydrogen) atoms. The molecule has 1 heteroatoms. The zero-order chi connectivity index (χ0) is 15.6. The van der Waals surface area contributed by atoms with Crippen LogP contribution in [-0.4, -0.2) is 5.11 Å². The number of hydrogen-bond donors (Lipinski definition) is 1. The van der Waals surface area contributed by atoms with Crippen LogP contribution in [0.3, 0.4) is 0 Å². The molecule has 1 fully saturated rings. The zero-order valence-corrected chi connectivity index (χ0v) is 14.4. The number of hydrogen-bond acceptors (Lipinski definition) is 1. The quantitative estimate of drug-likeness (QED) is 0.727. The lowest BCUT2D eigenvalue weighted by atomic mass is 9.69. The van der Waals surface area contributed by atoms with E-state index in [-0.39, 0.29) is 11.5 Å². The van der Waals surface area contributed by atoms with Crippen molar-refractivity contribution in [3.05, 3.63) is 34.9 Å². The number of rotatable bonds is 4. The van der Waals surface area contributed by atoms with E-state index in [1.807, 2.05) is 0 Å². The zero-order valence-electron chi connectivity index (χ0n) is 14.4. The van der Waals surface area contributed by atoms with E-state index in [9.17, 15) is 5.11 Å². The first kappa shape index (κ1) is 16.5. The Morgan fingerprint density at radius 2 is 1.52 bits per heavy atom. The molecule has 0 amide bonds. The van der Waals surface area contributed by atoms with Crippen molar-refractivity contribution in [1.82, 2.24) is 0 Å². The molecule has 118 valence electrons. The average molecular weight is 288 g/mol. The first-order chi connectivity index (χ1) is 9.85. The van der Waals surface area contributed by atoms with E-state index in [0.29, 0.717) is 11.8 Å². The summed E-state index contributed by atoms with van der Waals surface area (Å²) in [6.07, 6.45) is 5.82. The molecule has 0 spiro atoms. The smallest absolute Gasteiger partial charge is 0.0846 e. The van der Waals surface area contributed by atoms with Gasteiger partial charge in [0.1, 0.15) is 0 Å². The Labute approximate surface area is 130 Å². The van der Waals surface area contributed by atoms with Crippen molar-refractivity contribution in [2.24, 2.45) is 5.41 Å². The van der Waals surface area contributed by atoms with Crippen LogP contribution in [0.1, 0.15) is 101 Å². The summed E-state index contributed by atoms with van der Waals surface area (Å²) >= 11 is 0. The van der Waals surface area contributed by atoms with E-state index < -0.39 is 0 Å². The highest BCUT2D eigenvalue weighted by atomic mass is 16.3. The van der Waals surface area contributed by atoms with Gasteiger partial charge in [0.05, 0.1) is 6.10 Å². The van der Waals surface area contributed by atoms with Crippen LogP contribution in [0, 0.1) is 5.41 Å². The summed E-state index contributed by atoms with van der Waals surface area (Å²) in [6, 6.07) is 6.72. The van der Waals surface area contributed by atoms with Crippen LogP contribution in [0.5, 0.6) is 0 Å². The van der Waals surface area contributed by atoms with E-state index >= 15 is 0 Å². The second-order valence-corrected chi connectivity index (χ2v) is 7.81. The standard InChI is InChI=1S/C20H32O/c1-14(2)16-9-10-17(18(13-16)15(3)4)19(21)20(5)11-7-6-8-12-20/h9-10,13-15,19,21H,6-8,11-12H2,1-5H3. The van der Waals surface area contributed by atoms with Crippen LogP contribution < -0.4 is 0 Å². The molecular formula is C20H32O. The van der Waals surface area contributed by atoms with Gasteiger partial charge in [-0.25, -0.2) is 0 Å². The Morgan fingerprint density at radius 3 is 2.05 bits per heavy atom. The fourth-order valence-corrected chi connectivity index (χ4v) is 3.71. The van der Waals surface area contributed by atoms with E-state index in [1.54, 1.807) is 0 Å². The summed E-state index contributed by atoms with van der Waals surface area (Å²) in [6.45, 7) is 11.2. The van der Waals surface area contributed by atoms with Crippen LogP contribution in [0.2, 0.25) is 0 Å². The van der Waals surface area contributed by atoms with Crippen molar-refractivity contribution in [1.29, 1.82) is 0 Å². The van der Waals surface area contributed by atoms with Gasteiger partial charge in [-0.3, -0.25) is 0 Å². The molecule has 1 aliphatic carbocycles. The van der Waals surface area contributed by atoms with Gasteiger partial charge >= 0.3 is 0 Å². The van der Waals surface area contributed by atoms with Gasteiger partial charge in [0.15, 0.2) is 0 Å². The van der Waals surface area contributed by atoms with Crippen molar-refractivity contribution < 1.29 is 5.11 Å². The number of aliphatic hydroxyl groups excluding tert-OH is 1. The lowest BCUT2D eigenvalue weighted by Gasteiger charge is -2.39. The van der Waals surface area contributed by atoms with E-state index in [0.717, 1.165) is 12.8 Å². The van der Waals surface area contributed by atoms with Crippen LogP contribution in [0.4, 0.5) is 0 Å². The monoisotopic (exact) mass is 288 g/mol. The maximum atomic E-state index is 11.1. The SMILES string of the molecule is CC(C)c1ccc(C(O)C2(C)CCCCC2)c(C(C)C)c1. The molecular weight excluding hydrogens is 256 g/mol. The van der Waals surface area contributed by atoms with Crippen molar-refractivity contribution in [3.63, 3.8) is 0 Å². The lowest BCUT2D eigenvalue weighted by Crippen LogP contribution is -2.29. The third kappa shape index (κ3) is 3.51. The summed E-state index contributed by atoms with van der Waals surface area (Å²) in [5.74, 6) is 1.000. The highest BCUT2D eigenvalue weighted by Gasteiger charge is 2.36. The maximum absolute atomic E-state index is 11.1. The highest BCUT2D eigenvalue weighted by molar-refractivity contribution is 5.37. The molecule has 1 unspecified atom stereocenters. The van der Waals surface area contributed by atoms with Crippen LogP contribution in [0.25, 0.3) is 0 Å². The average Bonchev–Trinajstić information content (AvgIpc) is 2.46. The lowest BCUT2D eigenvalue weighted by molar-refractivity contribution is 0.00745.